The van der Waals surface area contributed by atoms with E-state index in [1.165, 1.54) is 0 Å². The van der Waals surface area contributed by atoms with Gasteiger partial charge in [0.2, 0.25) is 0 Å². The average Bonchev–Trinajstić information content (AvgIpc) is 2.84. The van der Waals surface area contributed by atoms with Gasteiger partial charge in [0.25, 0.3) is 0 Å². The number of nitrogens with zero attached hydrogens (tertiary/aromatic N) is 2. The molecular formula is C14H10ClIN4. The predicted molar refractivity (Wildman–Crippen MR) is 89.4 cm³/mol. The number of nitrogen functional groups attached to an aromatic ring is 1. The molecule has 1 aromatic carbocycles. The van der Waals surface area contributed by atoms with Crippen LogP contribution in [-0.4, -0.2) is 15.2 Å². The van der Waals surface area contributed by atoms with E-state index in [-0.39, 0.29) is 0 Å². The molecule has 3 rings (SSSR count). The Labute approximate surface area is 134 Å². The van der Waals surface area contributed by atoms with Crippen molar-refractivity contribution in [2.45, 2.75) is 0 Å². The van der Waals surface area contributed by atoms with Crippen molar-refractivity contribution in [1.82, 2.24) is 15.2 Å². The van der Waals surface area contributed by atoms with Gasteiger partial charge in [-0.1, -0.05) is 17.7 Å². The second kappa shape index (κ2) is 5.41. The van der Waals surface area contributed by atoms with Gasteiger partial charge in [-0.15, -0.1) is 0 Å². The number of aromatic amines is 1. The Morgan fingerprint density at radius 2 is 2.10 bits per heavy atom. The van der Waals surface area contributed by atoms with Crippen molar-refractivity contribution < 1.29 is 0 Å². The zero-order valence-corrected chi connectivity index (χ0v) is 13.2. The van der Waals surface area contributed by atoms with Crippen molar-refractivity contribution in [3.63, 3.8) is 0 Å². The molecule has 0 aliphatic heterocycles. The van der Waals surface area contributed by atoms with E-state index in [0.717, 1.165) is 26.0 Å². The molecule has 0 aliphatic rings. The number of H-pyrrole nitrogens is 1. The number of halogens is 2. The van der Waals surface area contributed by atoms with Crippen molar-refractivity contribution in [2.75, 3.05) is 5.73 Å². The lowest BCUT2D eigenvalue weighted by Gasteiger charge is -2.07. The van der Waals surface area contributed by atoms with Crippen LogP contribution in [-0.2, 0) is 0 Å². The summed E-state index contributed by atoms with van der Waals surface area (Å²) in [5, 5.41) is 7.78. The van der Waals surface area contributed by atoms with Crippen LogP contribution >= 0.6 is 34.2 Å². The number of anilines is 1. The molecule has 0 radical (unpaired) electrons. The third-order valence-corrected chi connectivity index (χ3v) is 4.12. The first-order valence-electron chi connectivity index (χ1n) is 5.86. The zero-order valence-electron chi connectivity index (χ0n) is 10.3. The summed E-state index contributed by atoms with van der Waals surface area (Å²) in [6, 6.07) is 9.54. The van der Waals surface area contributed by atoms with Crippen molar-refractivity contribution in [3.05, 3.63) is 51.3 Å². The van der Waals surface area contributed by atoms with Crippen LogP contribution in [0.5, 0.6) is 0 Å². The number of hydrogen-bond donors (Lipinski definition) is 2. The third kappa shape index (κ3) is 2.38. The van der Waals surface area contributed by atoms with E-state index in [4.69, 9.17) is 17.3 Å². The van der Waals surface area contributed by atoms with Crippen LogP contribution in [0.1, 0.15) is 0 Å². The molecule has 0 amide bonds. The minimum Gasteiger partial charge on any atom is -0.382 e. The number of rotatable bonds is 2. The smallest absolute Gasteiger partial charge is 0.153 e. The molecule has 0 fully saturated rings. The first kappa shape index (κ1) is 13.4. The molecular weight excluding hydrogens is 387 g/mol. The maximum Gasteiger partial charge on any atom is 0.153 e. The first-order chi connectivity index (χ1) is 9.66. The lowest BCUT2D eigenvalue weighted by molar-refractivity contribution is 1.10. The Kier molecular flexibility index (Phi) is 3.62. The number of nitrogens with two attached hydrogens (primary N) is 1. The molecule has 0 spiro atoms. The van der Waals surface area contributed by atoms with E-state index in [1.54, 1.807) is 12.4 Å². The molecule has 100 valence electrons. The lowest BCUT2D eigenvalue weighted by Crippen LogP contribution is -1.90. The maximum absolute atomic E-state index is 6.09. The van der Waals surface area contributed by atoms with Gasteiger partial charge in [0.1, 0.15) is 0 Å². The summed E-state index contributed by atoms with van der Waals surface area (Å²) in [7, 11) is 0. The Morgan fingerprint density at radius 1 is 1.25 bits per heavy atom. The van der Waals surface area contributed by atoms with Crippen LogP contribution in [0.3, 0.4) is 0 Å². The number of aromatic nitrogens is 3. The quantitative estimate of drug-likeness (QED) is 0.644. The molecule has 0 aliphatic carbocycles. The Balaban J connectivity index is 2.24. The van der Waals surface area contributed by atoms with Crippen molar-refractivity contribution in [1.29, 1.82) is 0 Å². The van der Waals surface area contributed by atoms with Crippen molar-refractivity contribution >= 4 is 40.0 Å². The van der Waals surface area contributed by atoms with Crippen LogP contribution in [0, 0.1) is 3.57 Å². The largest absolute Gasteiger partial charge is 0.382 e. The van der Waals surface area contributed by atoms with Crippen LogP contribution < -0.4 is 5.73 Å². The zero-order chi connectivity index (χ0) is 14.1. The fourth-order valence-electron chi connectivity index (χ4n) is 2.04. The second-order valence-corrected chi connectivity index (χ2v) is 5.82. The maximum atomic E-state index is 6.09. The molecule has 0 saturated heterocycles. The number of pyridine rings is 1. The van der Waals surface area contributed by atoms with E-state index in [2.05, 4.69) is 37.8 Å². The van der Waals surface area contributed by atoms with Crippen molar-refractivity contribution in [2.24, 2.45) is 0 Å². The first-order valence-corrected chi connectivity index (χ1v) is 7.32. The van der Waals surface area contributed by atoms with Gasteiger partial charge in [-0.25, -0.2) is 0 Å². The van der Waals surface area contributed by atoms with E-state index in [0.29, 0.717) is 10.8 Å². The highest BCUT2D eigenvalue weighted by molar-refractivity contribution is 14.1. The Hall–Kier alpha value is -1.60. The van der Waals surface area contributed by atoms with Gasteiger partial charge in [0.05, 0.1) is 11.3 Å². The topological polar surface area (TPSA) is 67.6 Å². The Bertz CT molecular complexity index is 755. The summed E-state index contributed by atoms with van der Waals surface area (Å²) in [5.74, 6) is 0.448. The molecule has 6 heteroatoms. The molecule has 0 atom stereocenters. The van der Waals surface area contributed by atoms with Gasteiger partial charge in [-0.3, -0.25) is 10.1 Å². The average molecular weight is 397 g/mol. The summed E-state index contributed by atoms with van der Waals surface area (Å²) in [6.07, 6.45) is 3.49. The summed E-state index contributed by atoms with van der Waals surface area (Å²) in [5.41, 5.74) is 9.58. The highest BCUT2D eigenvalue weighted by atomic mass is 127. The van der Waals surface area contributed by atoms with E-state index < -0.39 is 0 Å². The normalized spacial score (nSPS) is 10.7. The predicted octanol–water partition coefficient (Wildman–Crippen LogP) is 3.98. The van der Waals surface area contributed by atoms with E-state index >= 15 is 0 Å². The number of nitrogens with one attached hydrogen (secondary N) is 1. The minimum atomic E-state index is 0.448. The van der Waals surface area contributed by atoms with Crippen LogP contribution in [0.15, 0.2) is 42.7 Å². The third-order valence-electron chi connectivity index (χ3n) is 2.94. The molecule has 4 nitrogen and oxygen atoms in total. The van der Waals surface area contributed by atoms with Crippen LogP contribution in [0.2, 0.25) is 5.02 Å². The van der Waals surface area contributed by atoms with Crippen LogP contribution in [0.25, 0.3) is 22.4 Å². The van der Waals surface area contributed by atoms with E-state index in [9.17, 15) is 0 Å². The molecule has 2 heterocycles. The molecule has 0 unspecified atom stereocenters. The molecule has 2 aromatic heterocycles. The highest BCUT2D eigenvalue weighted by Crippen LogP contribution is 2.37. The SMILES string of the molecule is Nc1n[nH]c(-c2cc(Cl)ccc2I)c1-c1cccnc1. The van der Waals surface area contributed by atoms with Gasteiger partial charge < -0.3 is 5.73 Å². The number of hydrogen-bond acceptors (Lipinski definition) is 3. The fraction of sp³-hybridized carbons (Fsp3) is 0. The molecule has 0 bridgehead atoms. The summed E-state index contributed by atoms with van der Waals surface area (Å²) >= 11 is 8.35. The van der Waals surface area contributed by atoms with E-state index in [1.807, 2.05) is 30.3 Å². The molecule has 0 saturated carbocycles. The van der Waals surface area contributed by atoms with Gasteiger partial charge in [-0.05, 0) is 46.9 Å². The molecule has 20 heavy (non-hydrogen) atoms. The van der Waals surface area contributed by atoms with Crippen molar-refractivity contribution in [3.8, 4) is 22.4 Å². The van der Waals surface area contributed by atoms with Gasteiger partial charge in [0.15, 0.2) is 5.82 Å². The Morgan fingerprint density at radius 3 is 2.85 bits per heavy atom. The molecule has 3 aromatic rings. The lowest BCUT2D eigenvalue weighted by atomic mass is 10.0. The summed E-state index contributed by atoms with van der Waals surface area (Å²) < 4.78 is 1.07. The number of benzene rings is 1. The van der Waals surface area contributed by atoms with Gasteiger partial charge in [0, 0.05) is 32.1 Å². The monoisotopic (exact) mass is 396 g/mol. The van der Waals surface area contributed by atoms with Crippen LogP contribution in [0.4, 0.5) is 5.82 Å². The highest BCUT2D eigenvalue weighted by Gasteiger charge is 2.17. The summed E-state index contributed by atoms with van der Waals surface area (Å²) in [6.45, 7) is 0. The van der Waals surface area contributed by atoms with Gasteiger partial charge >= 0.3 is 0 Å². The fourth-order valence-corrected chi connectivity index (χ4v) is 2.82. The molecule has 3 N–H and O–H groups in total. The van der Waals surface area contributed by atoms with Gasteiger partial charge in [-0.2, -0.15) is 5.10 Å². The summed E-state index contributed by atoms with van der Waals surface area (Å²) in [4.78, 5) is 4.13. The second-order valence-electron chi connectivity index (χ2n) is 4.22. The minimum absolute atomic E-state index is 0.448. The standard InChI is InChI=1S/C14H10ClIN4/c15-9-3-4-11(16)10(6-9)13-12(14(17)20-19-13)8-2-1-5-18-7-8/h1-7H,(H3,17,19,20).